The van der Waals surface area contributed by atoms with E-state index in [0.717, 1.165) is 22.5 Å². The molecule has 0 saturated carbocycles. The number of aromatic nitrogens is 1. The Morgan fingerprint density at radius 1 is 1.25 bits per heavy atom. The molecule has 0 spiro atoms. The van der Waals surface area contributed by atoms with Gasteiger partial charge in [0.05, 0.1) is 17.8 Å². The van der Waals surface area contributed by atoms with Crippen molar-refractivity contribution < 1.29 is 4.79 Å². The number of carbonyl (C=O) groups excluding carboxylic acids is 1. The van der Waals surface area contributed by atoms with Gasteiger partial charge in [-0.05, 0) is 36.2 Å². The lowest BCUT2D eigenvalue weighted by Gasteiger charge is -2.11. The lowest BCUT2D eigenvalue weighted by Crippen LogP contribution is -2.19. The maximum atomic E-state index is 12.1. The summed E-state index contributed by atoms with van der Waals surface area (Å²) >= 11 is 0. The third-order valence-electron chi connectivity index (χ3n) is 3.21. The second kappa shape index (κ2) is 5.25. The van der Waals surface area contributed by atoms with E-state index in [9.17, 15) is 4.79 Å². The lowest BCUT2D eigenvalue weighted by molar-refractivity contribution is -0.116. The van der Waals surface area contributed by atoms with Gasteiger partial charge in [-0.2, -0.15) is 5.10 Å². The number of nitrogens with zero attached hydrogens (tertiary/aromatic N) is 3. The first-order valence-corrected chi connectivity index (χ1v) is 6.57. The minimum absolute atomic E-state index is 0.0227. The molecule has 1 aromatic heterocycles. The summed E-state index contributed by atoms with van der Waals surface area (Å²) in [7, 11) is 0. The maximum absolute atomic E-state index is 12.1. The summed E-state index contributed by atoms with van der Waals surface area (Å²) in [6, 6.07) is 11.7. The number of amides is 1. The largest absolute Gasteiger partial charge is 0.272 e. The van der Waals surface area contributed by atoms with Crippen molar-refractivity contribution in [2.24, 2.45) is 5.10 Å². The van der Waals surface area contributed by atoms with Crippen molar-refractivity contribution in [3.05, 3.63) is 59.9 Å². The predicted molar refractivity (Wildman–Crippen MR) is 78.7 cm³/mol. The number of aryl methyl sites for hydroxylation is 1. The topological polar surface area (TPSA) is 45.6 Å². The zero-order chi connectivity index (χ0) is 13.9. The Bertz CT molecular complexity index is 664. The second-order valence-corrected chi connectivity index (χ2v) is 4.93. The Labute approximate surface area is 117 Å². The molecule has 3 rings (SSSR count). The molecule has 0 atom stereocenters. The SMILES string of the molecule is Cc1cccc(N2N=C(Cc3cccnc3)CC2=O)c1. The molecule has 0 bridgehead atoms. The van der Waals surface area contributed by atoms with Crippen LogP contribution in [0.4, 0.5) is 5.69 Å². The number of hydrazone groups is 1. The van der Waals surface area contributed by atoms with Crippen molar-refractivity contribution in [3.8, 4) is 0 Å². The summed E-state index contributed by atoms with van der Waals surface area (Å²) in [5.41, 5.74) is 3.90. The Hall–Kier alpha value is -2.49. The molecule has 0 aliphatic carbocycles. The molecule has 0 saturated heterocycles. The van der Waals surface area contributed by atoms with Crippen LogP contribution in [0.2, 0.25) is 0 Å². The molecule has 4 nitrogen and oxygen atoms in total. The van der Waals surface area contributed by atoms with Gasteiger partial charge in [-0.3, -0.25) is 9.78 Å². The summed E-state index contributed by atoms with van der Waals surface area (Å²) in [5, 5.41) is 5.95. The fourth-order valence-corrected chi connectivity index (χ4v) is 2.28. The smallest absolute Gasteiger partial charge is 0.253 e. The van der Waals surface area contributed by atoms with Gasteiger partial charge in [-0.1, -0.05) is 18.2 Å². The van der Waals surface area contributed by atoms with Crippen LogP contribution < -0.4 is 5.01 Å². The Balaban J connectivity index is 1.82. The first-order chi connectivity index (χ1) is 9.72. The average molecular weight is 265 g/mol. The summed E-state index contributed by atoms with van der Waals surface area (Å²) in [5.74, 6) is 0.0227. The number of anilines is 1. The molecule has 2 aromatic rings. The minimum atomic E-state index is 0.0227. The third kappa shape index (κ3) is 2.59. The quantitative estimate of drug-likeness (QED) is 0.856. The first kappa shape index (κ1) is 12.5. The highest BCUT2D eigenvalue weighted by atomic mass is 16.2. The molecule has 100 valence electrons. The minimum Gasteiger partial charge on any atom is -0.272 e. The van der Waals surface area contributed by atoms with E-state index in [1.165, 1.54) is 5.01 Å². The highest BCUT2D eigenvalue weighted by Crippen LogP contribution is 2.22. The first-order valence-electron chi connectivity index (χ1n) is 6.57. The van der Waals surface area contributed by atoms with E-state index in [1.807, 2.05) is 49.5 Å². The number of pyridine rings is 1. The molecule has 0 radical (unpaired) electrons. The van der Waals surface area contributed by atoms with Crippen LogP contribution in [-0.4, -0.2) is 16.6 Å². The zero-order valence-electron chi connectivity index (χ0n) is 11.3. The Morgan fingerprint density at radius 3 is 2.90 bits per heavy atom. The van der Waals surface area contributed by atoms with Crippen LogP contribution in [0.15, 0.2) is 53.9 Å². The van der Waals surface area contributed by atoms with E-state index in [-0.39, 0.29) is 5.91 Å². The third-order valence-corrected chi connectivity index (χ3v) is 3.21. The molecule has 0 N–H and O–H groups in total. The van der Waals surface area contributed by atoms with Gasteiger partial charge in [0.2, 0.25) is 0 Å². The monoisotopic (exact) mass is 265 g/mol. The molecule has 2 heterocycles. The molecule has 1 amide bonds. The van der Waals surface area contributed by atoms with E-state index in [1.54, 1.807) is 6.20 Å². The van der Waals surface area contributed by atoms with Crippen LogP contribution in [0.3, 0.4) is 0 Å². The fraction of sp³-hybridized carbons (Fsp3) is 0.188. The van der Waals surface area contributed by atoms with Crippen LogP contribution in [-0.2, 0) is 11.2 Å². The normalized spacial score (nSPS) is 14.6. The van der Waals surface area contributed by atoms with Crippen LogP contribution in [0, 0.1) is 6.92 Å². The summed E-state index contributed by atoms with van der Waals surface area (Å²) in [6.45, 7) is 2.00. The molecule has 1 aliphatic rings. The van der Waals surface area contributed by atoms with Crippen LogP contribution in [0.1, 0.15) is 17.5 Å². The summed E-state index contributed by atoms with van der Waals surface area (Å²) in [6.07, 6.45) is 4.59. The van der Waals surface area contributed by atoms with E-state index in [0.29, 0.717) is 12.8 Å². The second-order valence-electron chi connectivity index (χ2n) is 4.93. The van der Waals surface area contributed by atoms with Gasteiger partial charge in [0.15, 0.2) is 0 Å². The van der Waals surface area contributed by atoms with Crippen LogP contribution >= 0.6 is 0 Å². The molecule has 1 aliphatic heterocycles. The zero-order valence-corrected chi connectivity index (χ0v) is 11.3. The van der Waals surface area contributed by atoms with Crippen molar-refractivity contribution in [1.82, 2.24) is 4.98 Å². The molecule has 0 unspecified atom stereocenters. The Kier molecular flexibility index (Phi) is 3.29. The highest BCUT2D eigenvalue weighted by molar-refractivity contribution is 6.13. The van der Waals surface area contributed by atoms with Crippen molar-refractivity contribution in [1.29, 1.82) is 0 Å². The maximum Gasteiger partial charge on any atom is 0.253 e. The summed E-state index contributed by atoms with van der Waals surface area (Å²) < 4.78 is 0. The van der Waals surface area contributed by atoms with Gasteiger partial charge in [-0.15, -0.1) is 0 Å². The number of benzene rings is 1. The number of rotatable bonds is 3. The van der Waals surface area contributed by atoms with Gasteiger partial charge in [0.1, 0.15) is 0 Å². The van der Waals surface area contributed by atoms with E-state index in [2.05, 4.69) is 10.1 Å². The molecular weight excluding hydrogens is 250 g/mol. The van der Waals surface area contributed by atoms with Crippen molar-refractivity contribution in [2.75, 3.05) is 5.01 Å². The lowest BCUT2D eigenvalue weighted by atomic mass is 10.1. The van der Waals surface area contributed by atoms with Gasteiger partial charge in [-0.25, -0.2) is 5.01 Å². The van der Waals surface area contributed by atoms with E-state index in [4.69, 9.17) is 0 Å². The van der Waals surface area contributed by atoms with E-state index >= 15 is 0 Å². The Morgan fingerprint density at radius 2 is 2.15 bits per heavy atom. The summed E-state index contributed by atoms with van der Waals surface area (Å²) in [4.78, 5) is 16.2. The van der Waals surface area contributed by atoms with Crippen LogP contribution in [0.5, 0.6) is 0 Å². The fourth-order valence-electron chi connectivity index (χ4n) is 2.28. The number of carbonyl (C=O) groups is 1. The highest BCUT2D eigenvalue weighted by Gasteiger charge is 2.25. The van der Waals surface area contributed by atoms with Gasteiger partial charge < -0.3 is 0 Å². The molecule has 4 heteroatoms. The predicted octanol–water partition coefficient (Wildman–Crippen LogP) is 2.73. The number of hydrogen-bond acceptors (Lipinski definition) is 3. The molecule has 1 aromatic carbocycles. The van der Waals surface area contributed by atoms with Crippen molar-refractivity contribution in [3.63, 3.8) is 0 Å². The van der Waals surface area contributed by atoms with E-state index < -0.39 is 0 Å². The van der Waals surface area contributed by atoms with Crippen molar-refractivity contribution >= 4 is 17.3 Å². The molecule has 0 fully saturated rings. The average Bonchev–Trinajstić information content (AvgIpc) is 2.81. The number of hydrogen-bond donors (Lipinski definition) is 0. The standard InChI is InChI=1S/C16H15N3O/c1-12-4-2-6-15(8-12)19-16(20)10-14(18-19)9-13-5-3-7-17-11-13/h2-8,11H,9-10H2,1H3. The molecule has 20 heavy (non-hydrogen) atoms. The van der Waals surface area contributed by atoms with Crippen molar-refractivity contribution in [2.45, 2.75) is 19.8 Å². The van der Waals surface area contributed by atoms with Gasteiger partial charge in [0, 0.05) is 18.8 Å². The van der Waals surface area contributed by atoms with Gasteiger partial charge in [0.25, 0.3) is 5.91 Å². The molecular formula is C16H15N3O. The van der Waals surface area contributed by atoms with Gasteiger partial charge >= 0.3 is 0 Å². The van der Waals surface area contributed by atoms with Crippen LogP contribution in [0.25, 0.3) is 0 Å².